The number of aromatic nitrogens is 1. The highest BCUT2D eigenvalue weighted by Crippen LogP contribution is 2.42. The lowest BCUT2D eigenvalue weighted by Crippen LogP contribution is -2.53. The van der Waals surface area contributed by atoms with Crippen LogP contribution in [0.15, 0.2) is 33.5 Å². The molecule has 7 nitrogen and oxygen atoms in total. The summed E-state index contributed by atoms with van der Waals surface area (Å²) in [6.07, 6.45) is 1.04. The molecule has 160 valence electrons. The van der Waals surface area contributed by atoms with Gasteiger partial charge in [0.05, 0.1) is 12.6 Å². The zero-order valence-electron chi connectivity index (χ0n) is 17.6. The zero-order chi connectivity index (χ0) is 21.0. The maximum Gasteiger partial charge on any atom is 0.251 e. The van der Waals surface area contributed by atoms with Crippen molar-refractivity contribution in [1.82, 2.24) is 14.4 Å². The van der Waals surface area contributed by atoms with E-state index in [1.54, 1.807) is 21.6 Å². The van der Waals surface area contributed by atoms with E-state index in [0.717, 1.165) is 42.3 Å². The lowest BCUT2D eigenvalue weighted by atomic mass is 9.78. The van der Waals surface area contributed by atoms with Crippen molar-refractivity contribution in [2.75, 3.05) is 26.2 Å². The van der Waals surface area contributed by atoms with Gasteiger partial charge < -0.3 is 14.4 Å². The van der Waals surface area contributed by atoms with E-state index in [0.29, 0.717) is 26.1 Å². The normalized spacial score (nSPS) is 28.6. The Morgan fingerprint density at radius 2 is 2.07 bits per heavy atom. The number of piperidine rings is 1. The molecule has 5 rings (SSSR count). The minimum atomic E-state index is -0.502. The average Bonchev–Trinajstić information content (AvgIpc) is 3.27. The fourth-order valence-electron chi connectivity index (χ4n) is 5.55. The molecule has 2 aromatic heterocycles. The van der Waals surface area contributed by atoms with Gasteiger partial charge in [-0.2, -0.15) is 0 Å². The number of amides is 1. The summed E-state index contributed by atoms with van der Waals surface area (Å²) in [7, 11) is 0. The number of nitrogens with zero attached hydrogens (tertiary/aromatic N) is 3. The molecule has 5 heterocycles. The van der Waals surface area contributed by atoms with Crippen LogP contribution < -0.4 is 5.56 Å². The van der Waals surface area contributed by atoms with Gasteiger partial charge in [0.2, 0.25) is 5.91 Å². The van der Waals surface area contributed by atoms with Crippen LogP contribution in [0.2, 0.25) is 0 Å². The Labute approximate surface area is 175 Å². The summed E-state index contributed by atoms with van der Waals surface area (Å²) < 4.78 is 7.64. The Balaban J connectivity index is 1.47. The molecule has 4 atom stereocenters. The van der Waals surface area contributed by atoms with Crippen LogP contribution >= 0.6 is 0 Å². The van der Waals surface area contributed by atoms with Gasteiger partial charge in [-0.15, -0.1) is 0 Å². The summed E-state index contributed by atoms with van der Waals surface area (Å²) in [5.41, 5.74) is 2.00. The molecule has 3 aliphatic rings. The van der Waals surface area contributed by atoms with Crippen molar-refractivity contribution in [3.05, 3.63) is 57.4 Å². The molecule has 0 radical (unpaired) electrons. The van der Waals surface area contributed by atoms with Crippen LogP contribution in [0.25, 0.3) is 0 Å². The largest absolute Gasteiger partial charge is 0.465 e. The average molecular weight is 412 g/mol. The van der Waals surface area contributed by atoms with Gasteiger partial charge in [0.1, 0.15) is 17.6 Å². The summed E-state index contributed by atoms with van der Waals surface area (Å²) in [4.78, 5) is 30.4. The predicted molar refractivity (Wildman–Crippen MR) is 111 cm³/mol. The Bertz CT molecular complexity index is 1010. The van der Waals surface area contributed by atoms with Crippen molar-refractivity contribution in [1.29, 1.82) is 0 Å². The number of aliphatic hydroxyl groups is 1. The van der Waals surface area contributed by atoms with Gasteiger partial charge in [-0.3, -0.25) is 19.1 Å². The molecule has 2 saturated heterocycles. The number of aliphatic hydroxyl groups excluding tert-OH is 1. The first-order valence-corrected chi connectivity index (χ1v) is 10.9. The van der Waals surface area contributed by atoms with Crippen molar-refractivity contribution in [2.45, 2.75) is 51.3 Å². The van der Waals surface area contributed by atoms with Gasteiger partial charge in [-0.1, -0.05) is 6.07 Å². The first-order valence-electron chi connectivity index (χ1n) is 10.9. The van der Waals surface area contributed by atoms with Gasteiger partial charge in [-0.05, 0) is 44.4 Å². The third-order valence-electron chi connectivity index (χ3n) is 7.05. The van der Waals surface area contributed by atoms with Gasteiger partial charge in [0.15, 0.2) is 0 Å². The summed E-state index contributed by atoms with van der Waals surface area (Å²) >= 11 is 0. The van der Waals surface area contributed by atoms with E-state index in [9.17, 15) is 14.7 Å². The SMILES string of the molecule is Cc1cc(CN2C[C@H]3C[C@@H](C2)[C@H](C(=O)N2CC[C@H](O)C2)n2c3cccc2=O)oc1C. The number of rotatable bonds is 3. The van der Waals surface area contributed by atoms with Crippen molar-refractivity contribution in [3.8, 4) is 0 Å². The van der Waals surface area contributed by atoms with Crippen LogP contribution in [-0.4, -0.2) is 57.7 Å². The first-order chi connectivity index (χ1) is 14.4. The number of carbonyl (C=O) groups excluding carboxylic acids is 1. The number of carbonyl (C=O) groups is 1. The molecule has 0 spiro atoms. The molecular formula is C23H29N3O4. The second kappa shape index (κ2) is 7.39. The van der Waals surface area contributed by atoms with Crippen molar-refractivity contribution < 1.29 is 14.3 Å². The number of β-amino-alcohol motifs (C(OH)–C–C–N with tert-alkyl or cyclic N) is 1. The van der Waals surface area contributed by atoms with Crippen LogP contribution in [0, 0.1) is 19.8 Å². The molecule has 2 bridgehead atoms. The van der Waals surface area contributed by atoms with Crippen LogP contribution in [0.3, 0.4) is 0 Å². The third kappa shape index (κ3) is 3.30. The Hall–Kier alpha value is -2.38. The van der Waals surface area contributed by atoms with Gasteiger partial charge >= 0.3 is 0 Å². The Morgan fingerprint density at radius 3 is 2.77 bits per heavy atom. The molecule has 0 saturated carbocycles. The number of hydrogen-bond donors (Lipinski definition) is 1. The highest BCUT2D eigenvalue weighted by molar-refractivity contribution is 5.81. The number of likely N-dealkylation sites (tertiary alicyclic amines) is 2. The van der Waals surface area contributed by atoms with E-state index in [-0.39, 0.29) is 23.3 Å². The molecule has 30 heavy (non-hydrogen) atoms. The van der Waals surface area contributed by atoms with E-state index in [4.69, 9.17) is 4.42 Å². The molecule has 0 aromatic carbocycles. The van der Waals surface area contributed by atoms with E-state index >= 15 is 0 Å². The Kier molecular flexibility index (Phi) is 4.82. The van der Waals surface area contributed by atoms with E-state index in [1.165, 1.54) is 0 Å². The number of aryl methyl sites for hydroxylation is 2. The topological polar surface area (TPSA) is 78.9 Å². The summed E-state index contributed by atoms with van der Waals surface area (Å²) in [6.45, 7) is 7.25. The zero-order valence-corrected chi connectivity index (χ0v) is 17.6. The molecule has 0 unspecified atom stereocenters. The van der Waals surface area contributed by atoms with Gasteiger partial charge in [0, 0.05) is 49.8 Å². The van der Waals surface area contributed by atoms with Gasteiger partial charge in [-0.25, -0.2) is 0 Å². The minimum Gasteiger partial charge on any atom is -0.465 e. The number of fused-ring (bicyclic) bond motifs is 4. The van der Waals surface area contributed by atoms with Crippen LogP contribution in [-0.2, 0) is 11.3 Å². The standard InChI is InChI=1S/C23H29N3O4/c1-14-8-19(30-15(14)2)13-24-10-16-9-17(11-24)22(23(29)25-7-6-18(27)12-25)26-20(16)4-3-5-21(26)28/h3-5,8,16-18,22,27H,6-7,9-13H2,1-2H3/t16-,17+,18+,22-/m1/s1. The number of furan rings is 1. The summed E-state index contributed by atoms with van der Waals surface area (Å²) in [5.74, 6) is 2.15. The highest BCUT2D eigenvalue weighted by Gasteiger charge is 2.45. The minimum absolute atomic E-state index is 0.0314. The van der Waals surface area contributed by atoms with Crippen LogP contribution in [0.1, 0.15) is 47.6 Å². The van der Waals surface area contributed by atoms with Crippen molar-refractivity contribution in [2.24, 2.45) is 5.92 Å². The molecule has 1 amide bonds. The lowest BCUT2D eigenvalue weighted by molar-refractivity contribution is -0.137. The fraction of sp³-hybridized carbons (Fsp3) is 0.565. The predicted octanol–water partition coefficient (Wildman–Crippen LogP) is 1.81. The second-order valence-corrected chi connectivity index (χ2v) is 9.17. The smallest absolute Gasteiger partial charge is 0.251 e. The first kappa shape index (κ1) is 19.6. The van der Waals surface area contributed by atoms with E-state index in [1.807, 2.05) is 13.0 Å². The van der Waals surface area contributed by atoms with E-state index < -0.39 is 12.1 Å². The quantitative estimate of drug-likeness (QED) is 0.834. The number of hydrogen-bond acceptors (Lipinski definition) is 5. The fourth-order valence-corrected chi connectivity index (χ4v) is 5.55. The van der Waals surface area contributed by atoms with Crippen LogP contribution in [0.4, 0.5) is 0 Å². The molecule has 2 aromatic rings. The lowest BCUT2D eigenvalue weighted by Gasteiger charge is -2.46. The summed E-state index contributed by atoms with van der Waals surface area (Å²) in [5, 5.41) is 9.92. The third-order valence-corrected chi connectivity index (χ3v) is 7.05. The second-order valence-electron chi connectivity index (χ2n) is 9.17. The van der Waals surface area contributed by atoms with E-state index in [2.05, 4.69) is 17.9 Å². The van der Waals surface area contributed by atoms with Crippen molar-refractivity contribution in [3.63, 3.8) is 0 Å². The Morgan fingerprint density at radius 1 is 1.23 bits per heavy atom. The van der Waals surface area contributed by atoms with Crippen LogP contribution in [0.5, 0.6) is 0 Å². The molecule has 3 aliphatic heterocycles. The molecular weight excluding hydrogens is 382 g/mol. The molecule has 2 fully saturated rings. The summed E-state index contributed by atoms with van der Waals surface area (Å²) in [6, 6.07) is 6.93. The monoisotopic (exact) mass is 411 g/mol. The molecule has 1 N–H and O–H groups in total. The van der Waals surface area contributed by atoms with Crippen molar-refractivity contribution >= 4 is 5.91 Å². The maximum atomic E-state index is 13.5. The molecule has 0 aliphatic carbocycles. The molecule has 7 heteroatoms. The number of pyridine rings is 1. The maximum absolute atomic E-state index is 13.5. The van der Waals surface area contributed by atoms with Gasteiger partial charge in [0.25, 0.3) is 5.56 Å². The highest BCUT2D eigenvalue weighted by atomic mass is 16.3.